The van der Waals surface area contributed by atoms with Gasteiger partial charge in [0.05, 0.1) is 6.10 Å². The molecule has 0 spiro atoms. The molecule has 1 N–H and O–H groups in total. The number of hydrogen-bond donors (Lipinski definition) is 1. The van der Waals surface area contributed by atoms with Gasteiger partial charge in [0.2, 0.25) is 0 Å². The highest BCUT2D eigenvalue weighted by Gasteiger charge is 2.22. The lowest BCUT2D eigenvalue weighted by molar-refractivity contribution is 0.116. The van der Waals surface area contributed by atoms with Crippen molar-refractivity contribution in [1.82, 2.24) is 0 Å². The van der Waals surface area contributed by atoms with Crippen LogP contribution in [0.3, 0.4) is 0 Å². The predicted octanol–water partition coefficient (Wildman–Crippen LogP) is 4.62. The first-order valence-electron chi connectivity index (χ1n) is 8.01. The van der Waals surface area contributed by atoms with Crippen LogP contribution in [-0.2, 0) is 0 Å². The summed E-state index contributed by atoms with van der Waals surface area (Å²) < 4.78 is 0. The van der Waals surface area contributed by atoms with Crippen LogP contribution in [0.1, 0.15) is 59.3 Å². The van der Waals surface area contributed by atoms with Crippen molar-refractivity contribution in [2.24, 2.45) is 11.8 Å². The molecule has 4 unspecified atom stereocenters. The van der Waals surface area contributed by atoms with Gasteiger partial charge in [-0.15, -0.1) is 0 Å². The summed E-state index contributed by atoms with van der Waals surface area (Å²) in [6.07, 6.45) is 11.7. The monoisotopic (exact) mass is 284 g/mol. The van der Waals surface area contributed by atoms with E-state index in [1.165, 1.54) is 31.4 Å². The highest BCUT2D eigenvalue weighted by molar-refractivity contribution is 8.15. The van der Waals surface area contributed by atoms with Gasteiger partial charge in [-0.3, -0.25) is 0 Å². The second kappa shape index (κ2) is 9.77. The maximum absolute atomic E-state index is 10.5. The number of rotatable bonds is 8. The zero-order chi connectivity index (χ0) is 14.1. The van der Waals surface area contributed by atoms with Crippen LogP contribution in [-0.4, -0.2) is 28.1 Å². The summed E-state index contributed by atoms with van der Waals surface area (Å²) in [4.78, 5) is 0. The van der Waals surface area contributed by atoms with Crippen LogP contribution in [0.25, 0.3) is 0 Å². The van der Waals surface area contributed by atoms with Crippen LogP contribution in [0, 0.1) is 11.8 Å². The second-order valence-corrected chi connectivity index (χ2v) is 8.07. The molecule has 1 nitrogen and oxygen atoms in total. The quantitative estimate of drug-likeness (QED) is 0.509. The number of aliphatic hydroxyl groups is 1. The van der Waals surface area contributed by atoms with E-state index in [0.717, 1.165) is 18.6 Å². The maximum Gasteiger partial charge on any atom is 0.0657 e. The number of unbranched alkanes of at least 4 members (excludes halogenated alkanes) is 2. The van der Waals surface area contributed by atoms with Crippen LogP contribution in [0.15, 0.2) is 12.2 Å². The number of allylic oxidation sites excluding steroid dienone is 2. The van der Waals surface area contributed by atoms with Gasteiger partial charge in [-0.2, -0.15) is 10.5 Å². The largest absolute Gasteiger partial charge is 0.392 e. The van der Waals surface area contributed by atoms with Crippen molar-refractivity contribution >= 4 is 15.9 Å². The van der Waals surface area contributed by atoms with Crippen molar-refractivity contribution < 1.29 is 5.11 Å². The van der Waals surface area contributed by atoms with Crippen molar-refractivity contribution in [2.45, 2.75) is 65.4 Å². The van der Waals surface area contributed by atoms with Crippen molar-refractivity contribution in [1.29, 1.82) is 0 Å². The lowest BCUT2D eigenvalue weighted by Gasteiger charge is -2.28. The summed E-state index contributed by atoms with van der Waals surface area (Å²) in [7, 11) is 0.334. The van der Waals surface area contributed by atoms with Gasteiger partial charge in [-0.25, -0.2) is 0 Å². The number of aliphatic hydroxyl groups excluding tert-OH is 1. The Morgan fingerprint density at radius 2 is 2.16 bits per heavy atom. The normalized spacial score (nSPS) is 26.5. The molecule has 0 heterocycles. The summed E-state index contributed by atoms with van der Waals surface area (Å²) in [5.41, 5.74) is 0. The summed E-state index contributed by atoms with van der Waals surface area (Å²) in [6.45, 7) is 6.75. The molecule has 0 saturated carbocycles. The van der Waals surface area contributed by atoms with E-state index in [1.54, 1.807) is 0 Å². The van der Waals surface area contributed by atoms with Gasteiger partial charge in [-0.05, 0) is 43.3 Å². The van der Waals surface area contributed by atoms with Gasteiger partial charge in [0.15, 0.2) is 0 Å². The van der Waals surface area contributed by atoms with Gasteiger partial charge in [0.25, 0.3) is 0 Å². The van der Waals surface area contributed by atoms with E-state index in [9.17, 15) is 5.11 Å². The molecule has 0 aromatic carbocycles. The molecule has 1 rings (SSSR count). The van der Waals surface area contributed by atoms with Gasteiger partial charge in [-0.1, -0.05) is 51.1 Å². The summed E-state index contributed by atoms with van der Waals surface area (Å²) in [5, 5.41) is 13.0. The zero-order valence-electron chi connectivity index (χ0n) is 13.0. The third-order valence-corrected chi connectivity index (χ3v) is 6.20. The number of hydrogen-bond acceptors (Lipinski definition) is 1. The molecule has 0 aromatic rings. The summed E-state index contributed by atoms with van der Waals surface area (Å²) in [5.74, 6) is 3.42. The second-order valence-electron chi connectivity index (χ2n) is 5.92. The Hall–Kier alpha value is -0.0800. The fourth-order valence-corrected chi connectivity index (χ4v) is 5.07. The highest BCUT2D eigenvalue weighted by Crippen LogP contribution is 2.29. The molecule has 2 heteroatoms. The molecule has 0 amide bonds. The Morgan fingerprint density at radius 1 is 1.37 bits per heavy atom. The molecule has 19 heavy (non-hydrogen) atoms. The van der Waals surface area contributed by atoms with E-state index in [-0.39, 0.29) is 6.10 Å². The van der Waals surface area contributed by atoms with Crippen molar-refractivity contribution in [3.8, 4) is 0 Å². The minimum absolute atomic E-state index is 0.0966. The lowest BCUT2D eigenvalue weighted by Crippen LogP contribution is -2.26. The summed E-state index contributed by atoms with van der Waals surface area (Å²) >= 11 is 0. The Balaban J connectivity index is 2.49. The van der Waals surface area contributed by atoms with Crippen molar-refractivity contribution in [2.75, 3.05) is 11.5 Å². The molecule has 1 aliphatic rings. The van der Waals surface area contributed by atoms with E-state index in [0.29, 0.717) is 22.3 Å². The van der Waals surface area contributed by atoms with E-state index in [2.05, 4.69) is 38.3 Å². The zero-order valence-corrected chi connectivity index (χ0v) is 13.8. The molecule has 112 valence electrons. The SMILES string of the molecule is CCCC=S(CCCC)CC(O)C1CC=CC(C)C1. The Labute approximate surface area is 122 Å². The van der Waals surface area contributed by atoms with Crippen LogP contribution in [0.2, 0.25) is 0 Å². The Morgan fingerprint density at radius 3 is 2.79 bits per heavy atom. The fourth-order valence-electron chi connectivity index (χ4n) is 2.66. The van der Waals surface area contributed by atoms with Crippen LogP contribution in [0.5, 0.6) is 0 Å². The standard InChI is InChI=1S/C17H32OS/c1-4-6-11-19(12-7-5-2)14-17(18)16-10-8-9-15(3)13-16/h8-9,11,15-18H,4-7,10,12-14H2,1-3H3. The Bertz CT molecular complexity index is 296. The topological polar surface area (TPSA) is 20.2 Å². The van der Waals surface area contributed by atoms with Crippen molar-refractivity contribution in [3.05, 3.63) is 12.2 Å². The van der Waals surface area contributed by atoms with Crippen LogP contribution >= 0.6 is 10.5 Å². The van der Waals surface area contributed by atoms with E-state index < -0.39 is 0 Å². The van der Waals surface area contributed by atoms with Crippen LogP contribution in [0.4, 0.5) is 0 Å². The smallest absolute Gasteiger partial charge is 0.0657 e. The third kappa shape index (κ3) is 6.76. The first-order valence-corrected chi connectivity index (χ1v) is 9.64. The molecular formula is C17H32OS. The molecule has 0 radical (unpaired) electrons. The maximum atomic E-state index is 10.5. The van der Waals surface area contributed by atoms with Gasteiger partial charge >= 0.3 is 0 Å². The van der Waals surface area contributed by atoms with E-state index in [1.807, 2.05) is 0 Å². The van der Waals surface area contributed by atoms with E-state index in [4.69, 9.17) is 0 Å². The molecule has 0 bridgehead atoms. The predicted molar refractivity (Wildman–Crippen MR) is 90.2 cm³/mol. The minimum atomic E-state index is -0.0966. The van der Waals surface area contributed by atoms with Crippen LogP contribution < -0.4 is 0 Å². The van der Waals surface area contributed by atoms with E-state index >= 15 is 0 Å². The third-order valence-electron chi connectivity index (χ3n) is 3.91. The minimum Gasteiger partial charge on any atom is -0.392 e. The first-order chi connectivity index (χ1) is 9.17. The molecule has 0 aliphatic heterocycles. The lowest BCUT2D eigenvalue weighted by atomic mass is 9.85. The average molecular weight is 285 g/mol. The average Bonchev–Trinajstić information content (AvgIpc) is 2.41. The molecule has 4 atom stereocenters. The summed E-state index contributed by atoms with van der Waals surface area (Å²) in [6, 6.07) is 0. The Kier molecular flexibility index (Phi) is 8.72. The highest BCUT2D eigenvalue weighted by atomic mass is 32.2. The molecular weight excluding hydrogens is 252 g/mol. The first kappa shape index (κ1) is 17.0. The molecule has 0 saturated heterocycles. The van der Waals surface area contributed by atoms with Gasteiger partial charge in [0, 0.05) is 5.75 Å². The molecule has 0 fully saturated rings. The van der Waals surface area contributed by atoms with Gasteiger partial charge < -0.3 is 5.11 Å². The van der Waals surface area contributed by atoms with Gasteiger partial charge in [0.1, 0.15) is 0 Å². The molecule has 1 aliphatic carbocycles. The van der Waals surface area contributed by atoms with Crippen molar-refractivity contribution in [3.63, 3.8) is 0 Å². The fraction of sp³-hybridized carbons (Fsp3) is 0.824. The molecule has 0 aromatic heterocycles.